The smallest absolute Gasteiger partial charge is 0.254 e. The van der Waals surface area contributed by atoms with Crippen LogP contribution in [0.4, 0.5) is 0 Å². The van der Waals surface area contributed by atoms with E-state index in [0.29, 0.717) is 5.76 Å². The molecule has 5 rings (SSSR count). The van der Waals surface area contributed by atoms with Crippen LogP contribution in [0.15, 0.2) is 33.8 Å². The van der Waals surface area contributed by atoms with Crippen molar-refractivity contribution in [3.63, 3.8) is 0 Å². The first-order valence-corrected chi connectivity index (χ1v) is 8.08. The van der Waals surface area contributed by atoms with Crippen LogP contribution in [0.1, 0.15) is 18.6 Å². The monoisotopic (exact) mass is 396 g/mol. The third kappa shape index (κ3) is 1.99. The second-order valence-electron chi connectivity index (χ2n) is 5.72. The summed E-state index contributed by atoms with van der Waals surface area (Å²) < 4.78 is 6.10. The van der Waals surface area contributed by atoms with Gasteiger partial charge in [0.1, 0.15) is 5.76 Å². The number of hydrazone groups is 1. The average molecular weight is 396 g/mol. The van der Waals surface area contributed by atoms with Gasteiger partial charge >= 0.3 is 0 Å². The first-order chi connectivity index (χ1) is 10.1. The number of carbonyl (C=O) groups excluding carboxylic acids is 2. The molecule has 4 aliphatic rings. The molecule has 1 saturated heterocycles. The largest absolute Gasteiger partial charge is 0.449 e. The van der Waals surface area contributed by atoms with Crippen molar-refractivity contribution >= 4 is 40.6 Å². The standard InChI is InChI=1S/C15H13IN2O3/c16-11-6-5-10(21-11)7-17-18-14(19)12-8-1-2-9(4-3-8)13(12)15(18)20/h1-2,5-9,12-13H,3-4H2/b17-7-/t8-,9-,12+,13+/m1/s1. The maximum atomic E-state index is 12.5. The van der Waals surface area contributed by atoms with Gasteiger partial charge in [0.2, 0.25) is 0 Å². The molecule has 2 heterocycles. The molecule has 2 bridgehead atoms. The number of fused-ring (bicyclic) bond motifs is 1. The number of furan rings is 1. The van der Waals surface area contributed by atoms with E-state index in [2.05, 4.69) is 39.8 Å². The van der Waals surface area contributed by atoms with Crippen LogP contribution in [0.3, 0.4) is 0 Å². The molecule has 1 aromatic rings. The zero-order valence-electron chi connectivity index (χ0n) is 11.1. The van der Waals surface area contributed by atoms with Crippen molar-refractivity contribution in [1.29, 1.82) is 0 Å². The van der Waals surface area contributed by atoms with Crippen molar-refractivity contribution in [3.05, 3.63) is 33.8 Å². The fourth-order valence-corrected chi connectivity index (χ4v) is 4.12. The zero-order valence-corrected chi connectivity index (χ0v) is 13.3. The van der Waals surface area contributed by atoms with Crippen LogP contribution in [0.5, 0.6) is 0 Å². The number of allylic oxidation sites excluding steroid dienone is 2. The molecule has 21 heavy (non-hydrogen) atoms. The number of imide groups is 1. The first kappa shape index (κ1) is 13.2. The van der Waals surface area contributed by atoms with Gasteiger partial charge in [-0.25, -0.2) is 0 Å². The molecule has 6 heteroatoms. The number of rotatable bonds is 2. The summed E-state index contributed by atoms with van der Waals surface area (Å²) in [7, 11) is 0. The van der Waals surface area contributed by atoms with E-state index in [-0.39, 0.29) is 35.5 Å². The summed E-state index contributed by atoms with van der Waals surface area (Å²) in [5.74, 6) is 0.173. The Morgan fingerprint density at radius 3 is 2.24 bits per heavy atom. The quantitative estimate of drug-likeness (QED) is 0.334. The predicted molar refractivity (Wildman–Crippen MR) is 83.2 cm³/mol. The highest BCUT2D eigenvalue weighted by atomic mass is 127. The number of halogens is 1. The van der Waals surface area contributed by atoms with Gasteiger partial charge in [-0.1, -0.05) is 12.2 Å². The lowest BCUT2D eigenvalue weighted by Crippen LogP contribution is -2.38. The molecule has 108 valence electrons. The zero-order chi connectivity index (χ0) is 14.6. The molecule has 4 atom stereocenters. The third-order valence-electron chi connectivity index (χ3n) is 4.63. The SMILES string of the molecule is O=C1[C@@H]2[C@@H](C(=O)N1/N=C\c1ccc(I)o1)[C@@H]1C=C[C@@H]2CC1. The number of hydrogen-bond acceptors (Lipinski definition) is 4. The van der Waals surface area contributed by atoms with Crippen molar-refractivity contribution in [2.24, 2.45) is 28.8 Å². The molecule has 0 N–H and O–H groups in total. The molecule has 1 aliphatic heterocycles. The van der Waals surface area contributed by atoms with Gasteiger partial charge in [0, 0.05) is 0 Å². The predicted octanol–water partition coefficient (Wildman–Crippen LogP) is 2.42. The topological polar surface area (TPSA) is 62.9 Å². The summed E-state index contributed by atoms with van der Waals surface area (Å²) in [4.78, 5) is 25.0. The summed E-state index contributed by atoms with van der Waals surface area (Å²) in [6.07, 6.45) is 7.63. The van der Waals surface area contributed by atoms with Gasteiger partial charge in [-0.3, -0.25) is 9.59 Å². The Morgan fingerprint density at radius 1 is 1.14 bits per heavy atom. The van der Waals surface area contributed by atoms with Gasteiger partial charge in [-0.2, -0.15) is 10.1 Å². The highest BCUT2D eigenvalue weighted by molar-refractivity contribution is 14.1. The van der Waals surface area contributed by atoms with Gasteiger partial charge < -0.3 is 4.42 Å². The minimum Gasteiger partial charge on any atom is -0.449 e. The fourth-order valence-electron chi connectivity index (χ4n) is 3.68. The molecule has 2 fully saturated rings. The van der Waals surface area contributed by atoms with E-state index in [1.165, 1.54) is 6.21 Å². The lowest BCUT2D eigenvalue weighted by atomic mass is 9.63. The van der Waals surface area contributed by atoms with Crippen LogP contribution in [0.25, 0.3) is 0 Å². The maximum absolute atomic E-state index is 12.5. The maximum Gasteiger partial charge on any atom is 0.254 e. The summed E-state index contributed by atoms with van der Waals surface area (Å²) in [5, 5.41) is 5.12. The molecular formula is C15H13IN2O3. The Hall–Kier alpha value is -1.44. The van der Waals surface area contributed by atoms with Gasteiger partial charge in [-0.15, -0.1) is 0 Å². The van der Waals surface area contributed by atoms with E-state index in [0.717, 1.165) is 21.6 Å². The van der Waals surface area contributed by atoms with Crippen molar-refractivity contribution in [3.8, 4) is 0 Å². The molecule has 0 aromatic carbocycles. The molecule has 1 saturated carbocycles. The summed E-state index contributed by atoms with van der Waals surface area (Å²) in [6, 6.07) is 3.56. The molecule has 5 nitrogen and oxygen atoms in total. The number of hydrogen-bond donors (Lipinski definition) is 0. The minimum atomic E-state index is -0.213. The van der Waals surface area contributed by atoms with Crippen molar-refractivity contribution in [2.45, 2.75) is 12.8 Å². The lowest BCUT2D eigenvalue weighted by molar-refractivity contribution is -0.140. The van der Waals surface area contributed by atoms with Crippen LogP contribution >= 0.6 is 22.6 Å². The fraction of sp³-hybridized carbons (Fsp3) is 0.400. The van der Waals surface area contributed by atoms with Crippen LogP contribution < -0.4 is 0 Å². The molecule has 0 unspecified atom stereocenters. The van der Waals surface area contributed by atoms with Crippen molar-refractivity contribution < 1.29 is 14.0 Å². The van der Waals surface area contributed by atoms with E-state index >= 15 is 0 Å². The van der Waals surface area contributed by atoms with E-state index in [4.69, 9.17) is 4.42 Å². The number of nitrogens with zero attached hydrogens (tertiary/aromatic N) is 2. The molecule has 3 aliphatic carbocycles. The van der Waals surface area contributed by atoms with E-state index in [9.17, 15) is 9.59 Å². The molecular weight excluding hydrogens is 383 g/mol. The normalized spacial score (nSPS) is 34.2. The lowest BCUT2D eigenvalue weighted by Gasteiger charge is -2.37. The minimum absolute atomic E-state index is 0.165. The van der Waals surface area contributed by atoms with E-state index < -0.39 is 0 Å². The first-order valence-electron chi connectivity index (χ1n) is 7.00. The Balaban J connectivity index is 1.62. The highest BCUT2D eigenvalue weighted by Crippen LogP contribution is 2.49. The molecule has 2 amide bonds. The van der Waals surface area contributed by atoms with Gasteiger partial charge in [0.25, 0.3) is 11.8 Å². The van der Waals surface area contributed by atoms with Gasteiger partial charge in [0.05, 0.1) is 18.1 Å². The second-order valence-corrected chi connectivity index (χ2v) is 6.78. The molecule has 1 aromatic heterocycles. The number of carbonyl (C=O) groups is 2. The Bertz CT molecular complexity index is 646. The summed E-state index contributed by atoms with van der Waals surface area (Å²) in [6.45, 7) is 0. The molecule has 0 spiro atoms. The summed E-state index contributed by atoms with van der Waals surface area (Å²) >= 11 is 2.05. The van der Waals surface area contributed by atoms with Crippen LogP contribution in [0, 0.1) is 27.4 Å². The third-order valence-corrected chi connectivity index (χ3v) is 5.21. The van der Waals surface area contributed by atoms with Crippen LogP contribution in [0.2, 0.25) is 0 Å². The van der Waals surface area contributed by atoms with Crippen LogP contribution in [-0.2, 0) is 9.59 Å². The van der Waals surface area contributed by atoms with Crippen molar-refractivity contribution in [1.82, 2.24) is 5.01 Å². The highest BCUT2D eigenvalue weighted by Gasteiger charge is 2.56. The van der Waals surface area contributed by atoms with Gasteiger partial charge in [0.15, 0.2) is 3.77 Å². The Morgan fingerprint density at radius 2 is 1.76 bits per heavy atom. The van der Waals surface area contributed by atoms with Crippen LogP contribution in [-0.4, -0.2) is 23.0 Å². The molecule has 0 radical (unpaired) electrons. The average Bonchev–Trinajstić information content (AvgIpc) is 3.03. The second kappa shape index (κ2) is 4.79. The van der Waals surface area contributed by atoms with Gasteiger partial charge in [-0.05, 0) is 59.4 Å². The Kier molecular flexibility index (Phi) is 3.02. The Labute approximate surface area is 135 Å². The van der Waals surface area contributed by atoms with E-state index in [1.807, 2.05) is 0 Å². The summed E-state index contributed by atoms with van der Waals surface area (Å²) in [5.41, 5.74) is 0. The number of amides is 2. The van der Waals surface area contributed by atoms with E-state index in [1.54, 1.807) is 12.1 Å². The van der Waals surface area contributed by atoms with Crippen molar-refractivity contribution in [2.75, 3.05) is 0 Å².